The standard InChI is InChI=1S/C14H18N4O2/c1-3-16-14(19)12-9-20-7-6-18(12)13-11(8-15)5-4-10(2)17-13/h4-5,12H,3,6-7,9H2,1-2H3,(H,16,19). The number of morpholine rings is 1. The van der Waals surface area contributed by atoms with Crippen LogP contribution in [0.15, 0.2) is 12.1 Å². The van der Waals surface area contributed by atoms with E-state index in [9.17, 15) is 10.1 Å². The van der Waals surface area contributed by atoms with Crippen LogP contribution in [-0.2, 0) is 9.53 Å². The first-order chi connectivity index (χ1) is 9.67. The quantitative estimate of drug-likeness (QED) is 0.873. The number of aryl methyl sites for hydroxylation is 1. The Morgan fingerprint density at radius 1 is 1.65 bits per heavy atom. The van der Waals surface area contributed by atoms with Crippen molar-refractivity contribution in [3.63, 3.8) is 0 Å². The number of hydrogen-bond acceptors (Lipinski definition) is 5. The third-order valence-corrected chi connectivity index (χ3v) is 3.19. The predicted molar refractivity (Wildman–Crippen MR) is 74.3 cm³/mol. The van der Waals surface area contributed by atoms with Crippen molar-refractivity contribution in [1.82, 2.24) is 10.3 Å². The van der Waals surface area contributed by atoms with Crippen LogP contribution in [0.3, 0.4) is 0 Å². The van der Waals surface area contributed by atoms with E-state index in [0.717, 1.165) is 5.69 Å². The number of pyridine rings is 1. The summed E-state index contributed by atoms with van der Waals surface area (Å²) in [7, 11) is 0. The molecule has 106 valence electrons. The Morgan fingerprint density at radius 2 is 2.45 bits per heavy atom. The number of ether oxygens (including phenoxy) is 1. The van der Waals surface area contributed by atoms with E-state index >= 15 is 0 Å². The van der Waals surface area contributed by atoms with Crippen molar-refractivity contribution in [2.75, 3.05) is 31.2 Å². The molecule has 1 aliphatic rings. The SMILES string of the molecule is CCNC(=O)C1COCCN1c1nc(C)ccc1C#N. The fourth-order valence-electron chi connectivity index (χ4n) is 2.22. The Bertz CT molecular complexity index is 538. The van der Waals surface area contributed by atoms with E-state index < -0.39 is 6.04 Å². The largest absolute Gasteiger partial charge is 0.377 e. The maximum atomic E-state index is 12.1. The third kappa shape index (κ3) is 2.89. The molecule has 0 aromatic carbocycles. The van der Waals surface area contributed by atoms with Gasteiger partial charge in [0.1, 0.15) is 17.9 Å². The van der Waals surface area contributed by atoms with Crippen LogP contribution in [0, 0.1) is 18.3 Å². The summed E-state index contributed by atoms with van der Waals surface area (Å²) >= 11 is 0. The molecule has 0 saturated carbocycles. The molecule has 2 heterocycles. The summed E-state index contributed by atoms with van der Waals surface area (Å²) < 4.78 is 5.39. The highest BCUT2D eigenvalue weighted by Gasteiger charge is 2.31. The van der Waals surface area contributed by atoms with Crippen molar-refractivity contribution >= 4 is 11.7 Å². The summed E-state index contributed by atoms with van der Waals surface area (Å²) in [5.74, 6) is 0.464. The van der Waals surface area contributed by atoms with Gasteiger partial charge in [-0.15, -0.1) is 0 Å². The molecule has 2 rings (SSSR count). The molecule has 1 N–H and O–H groups in total. The summed E-state index contributed by atoms with van der Waals surface area (Å²) in [4.78, 5) is 18.4. The molecule has 6 nitrogen and oxygen atoms in total. The van der Waals surface area contributed by atoms with Gasteiger partial charge >= 0.3 is 0 Å². The van der Waals surface area contributed by atoms with Crippen molar-refractivity contribution in [2.45, 2.75) is 19.9 Å². The second kappa shape index (κ2) is 6.35. The Labute approximate surface area is 118 Å². The normalized spacial score (nSPS) is 18.4. The average Bonchev–Trinajstić information content (AvgIpc) is 2.47. The van der Waals surface area contributed by atoms with Crippen LogP contribution in [0.4, 0.5) is 5.82 Å². The van der Waals surface area contributed by atoms with Gasteiger partial charge in [-0.3, -0.25) is 4.79 Å². The Hall–Kier alpha value is -2.13. The van der Waals surface area contributed by atoms with Crippen LogP contribution in [0.1, 0.15) is 18.2 Å². The summed E-state index contributed by atoms with van der Waals surface area (Å²) in [5.41, 5.74) is 1.30. The lowest BCUT2D eigenvalue weighted by atomic mass is 10.1. The summed E-state index contributed by atoms with van der Waals surface area (Å²) in [6.07, 6.45) is 0. The highest BCUT2D eigenvalue weighted by Crippen LogP contribution is 2.22. The topological polar surface area (TPSA) is 78.2 Å². The van der Waals surface area contributed by atoms with Gasteiger partial charge in [0.05, 0.1) is 18.8 Å². The first kappa shape index (κ1) is 14.3. The van der Waals surface area contributed by atoms with Gasteiger partial charge in [-0.1, -0.05) is 0 Å². The lowest BCUT2D eigenvalue weighted by molar-refractivity contribution is -0.124. The van der Waals surface area contributed by atoms with Crippen LogP contribution >= 0.6 is 0 Å². The van der Waals surface area contributed by atoms with Crippen LogP contribution < -0.4 is 10.2 Å². The molecule has 6 heteroatoms. The fourth-order valence-corrected chi connectivity index (χ4v) is 2.22. The number of carbonyl (C=O) groups is 1. The molecule has 0 aliphatic carbocycles. The van der Waals surface area contributed by atoms with Gasteiger partial charge in [0.15, 0.2) is 0 Å². The number of nitriles is 1. The van der Waals surface area contributed by atoms with E-state index in [2.05, 4.69) is 16.4 Å². The van der Waals surface area contributed by atoms with Crippen molar-refractivity contribution < 1.29 is 9.53 Å². The fraction of sp³-hybridized carbons (Fsp3) is 0.500. The smallest absolute Gasteiger partial charge is 0.245 e. The number of hydrogen-bond donors (Lipinski definition) is 1. The van der Waals surface area contributed by atoms with Gasteiger partial charge < -0.3 is 15.0 Å². The van der Waals surface area contributed by atoms with Gasteiger partial charge in [-0.05, 0) is 26.0 Å². The number of carbonyl (C=O) groups excluding carboxylic acids is 1. The van der Waals surface area contributed by atoms with Crippen molar-refractivity contribution in [1.29, 1.82) is 5.26 Å². The molecule has 1 aromatic heterocycles. The van der Waals surface area contributed by atoms with Crippen molar-refractivity contribution in [3.05, 3.63) is 23.4 Å². The van der Waals surface area contributed by atoms with Crippen molar-refractivity contribution in [3.8, 4) is 6.07 Å². The van der Waals surface area contributed by atoms with Gasteiger partial charge in [0, 0.05) is 18.8 Å². The summed E-state index contributed by atoms with van der Waals surface area (Å²) in [6, 6.07) is 5.23. The maximum Gasteiger partial charge on any atom is 0.245 e. The lowest BCUT2D eigenvalue weighted by Gasteiger charge is -2.35. The Balaban J connectivity index is 2.35. The average molecular weight is 274 g/mol. The Morgan fingerprint density at radius 3 is 3.15 bits per heavy atom. The van der Waals surface area contributed by atoms with Crippen LogP contribution in [-0.4, -0.2) is 43.2 Å². The van der Waals surface area contributed by atoms with Crippen LogP contribution in [0.25, 0.3) is 0 Å². The monoisotopic (exact) mass is 274 g/mol. The molecule has 1 unspecified atom stereocenters. The second-order valence-electron chi connectivity index (χ2n) is 4.61. The number of likely N-dealkylation sites (N-methyl/N-ethyl adjacent to an activating group) is 1. The molecule has 20 heavy (non-hydrogen) atoms. The molecule has 0 bridgehead atoms. The predicted octanol–water partition coefficient (Wildman–Crippen LogP) is 0.603. The van der Waals surface area contributed by atoms with E-state index in [4.69, 9.17) is 4.74 Å². The van der Waals surface area contributed by atoms with E-state index in [1.165, 1.54) is 0 Å². The molecule has 1 aliphatic heterocycles. The zero-order valence-electron chi connectivity index (χ0n) is 11.7. The number of nitrogens with one attached hydrogen (secondary N) is 1. The molecule has 1 amide bonds. The Kier molecular flexibility index (Phi) is 4.53. The zero-order valence-corrected chi connectivity index (χ0v) is 11.7. The minimum Gasteiger partial charge on any atom is -0.377 e. The minimum atomic E-state index is -0.440. The third-order valence-electron chi connectivity index (χ3n) is 3.19. The first-order valence-electron chi connectivity index (χ1n) is 6.67. The molecule has 0 radical (unpaired) electrons. The lowest BCUT2D eigenvalue weighted by Crippen LogP contribution is -2.54. The number of aromatic nitrogens is 1. The van der Waals surface area contributed by atoms with E-state index in [-0.39, 0.29) is 5.91 Å². The molecular formula is C14H18N4O2. The van der Waals surface area contributed by atoms with Crippen LogP contribution in [0.5, 0.6) is 0 Å². The minimum absolute atomic E-state index is 0.0978. The highest BCUT2D eigenvalue weighted by molar-refractivity contribution is 5.85. The molecular weight excluding hydrogens is 256 g/mol. The summed E-state index contributed by atoms with van der Waals surface area (Å²) in [5, 5.41) is 12.0. The number of amides is 1. The van der Waals surface area contributed by atoms with Gasteiger partial charge in [-0.25, -0.2) is 4.98 Å². The molecule has 1 aromatic rings. The van der Waals surface area contributed by atoms with E-state index in [1.807, 2.05) is 18.7 Å². The van der Waals surface area contributed by atoms with E-state index in [0.29, 0.717) is 37.7 Å². The zero-order chi connectivity index (χ0) is 14.5. The van der Waals surface area contributed by atoms with Crippen molar-refractivity contribution in [2.24, 2.45) is 0 Å². The van der Waals surface area contributed by atoms with E-state index in [1.54, 1.807) is 12.1 Å². The maximum absolute atomic E-state index is 12.1. The number of nitrogens with zero attached hydrogens (tertiary/aromatic N) is 3. The highest BCUT2D eigenvalue weighted by atomic mass is 16.5. The molecule has 1 fully saturated rings. The summed E-state index contributed by atoms with van der Waals surface area (Å²) in [6.45, 7) is 5.69. The van der Waals surface area contributed by atoms with Gasteiger partial charge in [0.25, 0.3) is 0 Å². The number of anilines is 1. The van der Waals surface area contributed by atoms with Crippen LogP contribution in [0.2, 0.25) is 0 Å². The number of rotatable bonds is 3. The first-order valence-corrected chi connectivity index (χ1v) is 6.67. The van der Waals surface area contributed by atoms with Gasteiger partial charge in [-0.2, -0.15) is 5.26 Å². The molecule has 1 atom stereocenters. The molecule has 0 spiro atoms. The molecule has 1 saturated heterocycles. The van der Waals surface area contributed by atoms with Gasteiger partial charge in [0.2, 0.25) is 5.91 Å². The second-order valence-corrected chi connectivity index (χ2v) is 4.61.